The van der Waals surface area contributed by atoms with Crippen LogP contribution in [0.4, 0.5) is 0 Å². The molecular weight excluding hydrogens is 330 g/mol. The molecule has 0 unspecified atom stereocenters. The summed E-state index contributed by atoms with van der Waals surface area (Å²) in [6.45, 7) is 0.279. The molecule has 0 spiro atoms. The maximum atomic E-state index is 12.0. The Labute approximate surface area is 144 Å². The molecule has 0 bridgehead atoms. The van der Waals surface area contributed by atoms with E-state index in [4.69, 9.17) is 23.7 Å². The minimum Gasteiger partial charge on any atom is -0.496 e. The summed E-state index contributed by atoms with van der Waals surface area (Å²) < 4.78 is 20.8. The van der Waals surface area contributed by atoms with Gasteiger partial charge in [-0.15, -0.1) is 0 Å². The summed E-state index contributed by atoms with van der Waals surface area (Å²) in [5, 5.41) is 11.5. The van der Waals surface area contributed by atoms with E-state index in [1.54, 1.807) is 19.2 Å². The van der Waals surface area contributed by atoms with Crippen LogP contribution in [0, 0.1) is 0 Å². The standard InChI is InChI=1S/C17H19NO7/c1-22-11-7-13(23-2)12(14(8-11)24-3)4-5-18-16(19)15-6-10(9-25-15)17(20)21/h6-9H,4-5H2,1-3H3,(H,18,19)(H,20,21). The van der Waals surface area contributed by atoms with Crippen molar-refractivity contribution >= 4 is 11.9 Å². The number of carboxylic acids is 1. The van der Waals surface area contributed by atoms with Crippen LogP contribution >= 0.6 is 0 Å². The van der Waals surface area contributed by atoms with E-state index < -0.39 is 11.9 Å². The second-order valence-electron chi connectivity index (χ2n) is 5.02. The quantitative estimate of drug-likeness (QED) is 0.750. The van der Waals surface area contributed by atoms with Crippen LogP contribution in [0.3, 0.4) is 0 Å². The van der Waals surface area contributed by atoms with Gasteiger partial charge in [-0.05, 0) is 6.42 Å². The smallest absolute Gasteiger partial charge is 0.338 e. The Morgan fingerprint density at radius 3 is 2.20 bits per heavy atom. The second kappa shape index (κ2) is 8.09. The fourth-order valence-electron chi connectivity index (χ4n) is 2.28. The van der Waals surface area contributed by atoms with Crippen LogP contribution in [0.1, 0.15) is 26.5 Å². The lowest BCUT2D eigenvalue weighted by molar-refractivity contribution is 0.0695. The van der Waals surface area contributed by atoms with Crippen molar-refractivity contribution < 1.29 is 33.3 Å². The molecular formula is C17H19NO7. The Kier molecular flexibility index (Phi) is 5.89. The summed E-state index contributed by atoms with van der Waals surface area (Å²) in [6.07, 6.45) is 1.46. The monoisotopic (exact) mass is 349 g/mol. The number of benzene rings is 1. The lowest BCUT2D eigenvalue weighted by atomic mass is 10.1. The van der Waals surface area contributed by atoms with Crippen LogP contribution in [0.2, 0.25) is 0 Å². The molecule has 1 amide bonds. The molecule has 8 nitrogen and oxygen atoms in total. The number of rotatable bonds is 8. The third kappa shape index (κ3) is 4.23. The number of furan rings is 1. The predicted molar refractivity (Wildman–Crippen MR) is 87.8 cm³/mol. The third-order valence-electron chi connectivity index (χ3n) is 3.55. The van der Waals surface area contributed by atoms with Crippen molar-refractivity contribution in [3.05, 3.63) is 41.3 Å². The number of methoxy groups -OCH3 is 3. The molecule has 0 radical (unpaired) electrons. The van der Waals surface area contributed by atoms with Gasteiger partial charge in [-0.2, -0.15) is 0 Å². The van der Waals surface area contributed by atoms with Crippen LogP contribution in [-0.4, -0.2) is 44.9 Å². The van der Waals surface area contributed by atoms with Gasteiger partial charge in [0.1, 0.15) is 23.5 Å². The maximum Gasteiger partial charge on any atom is 0.338 e. The van der Waals surface area contributed by atoms with Crippen molar-refractivity contribution in [3.63, 3.8) is 0 Å². The highest BCUT2D eigenvalue weighted by Gasteiger charge is 2.16. The topological polar surface area (TPSA) is 107 Å². The fourth-order valence-corrected chi connectivity index (χ4v) is 2.28. The Bertz CT molecular complexity index is 741. The number of aromatic carboxylic acids is 1. The summed E-state index contributed by atoms with van der Waals surface area (Å²) in [5.74, 6) is 0.0343. The number of ether oxygens (including phenoxy) is 3. The number of carbonyl (C=O) groups excluding carboxylic acids is 1. The number of carbonyl (C=O) groups is 2. The zero-order valence-electron chi connectivity index (χ0n) is 14.1. The minimum absolute atomic E-state index is 0.0638. The van der Waals surface area contributed by atoms with Gasteiger partial charge in [0.15, 0.2) is 5.76 Å². The molecule has 1 aromatic heterocycles. The number of amides is 1. The number of carboxylic acid groups (broad SMARTS) is 1. The van der Waals surface area contributed by atoms with E-state index in [0.29, 0.717) is 23.7 Å². The van der Waals surface area contributed by atoms with Gasteiger partial charge in [0.2, 0.25) is 0 Å². The zero-order chi connectivity index (χ0) is 18.4. The van der Waals surface area contributed by atoms with Gasteiger partial charge >= 0.3 is 5.97 Å². The lowest BCUT2D eigenvalue weighted by Crippen LogP contribution is -2.25. The van der Waals surface area contributed by atoms with E-state index in [9.17, 15) is 9.59 Å². The Hall–Kier alpha value is -3.16. The first-order valence-corrected chi connectivity index (χ1v) is 7.39. The Morgan fingerprint density at radius 1 is 1.08 bits per heavy atom. The molecule has 2 rings (SSSR count). The molecule has 2 N–H and O–H groups in total. The third-order valence-corrected chi connectivity index (χ3v) is 3.55. The maximum absolute atomic E-state index is 12.0. The molecule has 0 saturated carbocycles. The van der Waals surface area contributed by atoms with Crippen molar-refractivity contribution in [3.8, 4) is 17.2 Å². The van der Waals surface area contributed by atoms with E-state index in [0.717, 1.165) is 11.8 Å². The fraction of sp³-hybridized carbons (Fsp3) is 0.294. The van der Waals surface area contributed by atoms with Crippen LogP contribution in [0.25, 0.3) is 0 Å². The first-order valence-electron chi connectivity index (χ1n) is 7.39. The molecule has 1 aromatic carbocycles. The predicted octanol–water partition coefficient (Wildman–Crippen LogP) is 1.98. The molecule has 0 aliphatic heterocycles. The highest BCUT2D eigenvalue weighted by atomic mass is 16.5. The molecule has 134 valence electrons. The Balaban J connectivity index is 2.05. The highest BCUT2D eigenvalue weighted by molar-refractivity contribution is 5.95. The molecule has 0 aliphatic rings. The van der Waals surface area contributed by atoms with Gasteiger partial charge in [0.05, 0.1) is 26.9 Å². The van der Waals surface area contributed by atoms with Crippen LogP contribution in [-0.2, 0) is 6.42 Å². The van der Waals surface area contributed by atoms with Crippen LogP contribution in [0.5, 0.6) is 17.2 Å². The number of hydrogen-bond acceptors (Lipinski definition) is 6. The zero-order valence-corrected chi connectivity index (χ0v) is 14.1. The summed E-state index contributed by atoms with van der Waals surface area (Å²) in [4.78, 5) is 22.8. The van der Waals surface area contributed by atoms with E-state index >= 15 is 0 Å². The van der Waals surface area contributed by atoms with Gasteiger partial charge in [-0.1, -0.05) is 0 Å². The molecule has 0 fully saturated rings. The molecule has 0 saturated heterocycles. The normalized spacial score (nSPS) is 10.2. The summed E-state index contributed by atoms with van der Waals surface area (Å²) in [7, 11) is 4.61. The summed E-state index contributed by atoms with van der Waals surface area (Å²) in [5.41, 5.74) is 0.695. The first-order chi connectivity index (χ1) is 12.0. The van der Waals surface area contributed by atoms with Crippen molar-refractivity contribution in [2.45, 2.75) is 6.42 Å². The van der Waals surface area contributed by atoms with Crippen molar-refractivity contribution in [2.24, 2.45) is 0 Å². The molecule has 25 heavy (non-hydrogen) atoms. The summed E-state index contributed by atoms with van der Waals surface area (Å²) >= 11 is 0. The molecule has 2 aromatic rings. The van der Waals surface area contributed by atoms with E-state index in [1.165, 1.54) is 20.3 Å². The SMILES string of the molecule is COc1cc(OC)c(CCNC(=O)c2cc(C(=O)O)co2)c(OC)c1. The second-order valence-corrected chi connectivity index (χ2v) is 5.02. The average Bonchev–Trinajstić information content (AvgIpc) is 3.11. The Morgan fingerprint density at radius 2 is 1.72 bits per heavy atom. The van der Waals surface area contributed by atoms with Crippen molar-refractivity contribution in [1.82, 2.24) is 5.32 Å². The van der Waals surface area contributed by atoms with E-state index in [2.05, 4.69) is 5.32 Å². The van der Waals surface area contributed by atoms with Gasteiger partial charge in [-0.25, -0.2) is 4.79 Å². The molecule has 8 heteroatoms. The van der Waals surface area contributed by atoms with Gasteiger partial charge in [0.25, 0.3) is 5.91 Å². The van der Waals surface area contributed by atoms with E-state index in [-0.39, 0.29) is 17.9 Å². The molecule has 0 atom stereocenters. The molecule has 0 aliphatic carbocycles. The van der Waals surface area contributed by atoms with E-state index in [1.807, 2.05) is 0 Å². The average molecular weight is 349 g/mol. The van der Waals surface area contributed by atoms with Crippen LogP contribution in [0.15, 0.2) is 28.9 Å². The first kappa shape index (κ1) is 18.2. The van der Waals surface area contributed by atoms with Gasteiger partial charge in [0, 0.05) is 30.3 Å². The highest BCUT2D eigenvalue weighted by Crippen LogP contribution is 2.34. The van der Waals surface area contributed by atoms with Crippen molar-refractivity contribution in [2.75, 3.05) is 27.9 Å². The van der Waals surface area contributed by atoms with Gasteiger partial charge < -0.3 is 29.1 Å². The minimum atomic E-state index is -1.16. The van der Waals surface area contributed by atoms with Crippen molar-refractivity contribution in [1.29, 1.82) is 0 Å². The van der Waals surface area contributed by atoms with Crippen LogP contribution < -0.4 is 19.5 Å². The number of hydrogen-bond donors (Lipinski definition) is 2. The number of nitrogens with one attached hydrogen (secondary N) is 1. The lowest BCUT2D eigenvalue weighted by Gasteiger charge is -2.15. The summed E-state index contributed by atoms with van der Waals surface area (Å²) in [6, 6.07) is 4.63. The largest absolute Gasteiger partial charge is 0.496 e. The molecule has 1 heterocycles. The van der Waals surface area contributed by atoms with Gasteiger partial charge in [-0.3, -0.25) is 4.79 Å².